The van der Waals surface area contributed by atoms with Crippen LogP contribution in [0, 0.1) is 11.6 Å². The Morgan fingerprint density at radius 2 is 2.00 bits per heavy atom. The van der Waals surface area contributed by atoms with Crippen molar-refractivity contribution in [3.05, 3.63) is 48.3 Å². The van der Waals surface area contributed by atoms with Crippen LogP contribution in [-0.4, -0.2) is 46.0 Å². The van der Waals surface area contributed by atoms with Gasteiger partial charge in [-0.05, 0) is 49.1 Å². The summed E-state index contributed by atoms with van der Waals surface area (Å²) in [5.74, 6) is -1.74. The normalized spacial score (nSPS) is 18.0. The summed E-state index contributed by atoms with van der Waals surface area (Å²) in [4.78, 5) is 32.2. The molecule has 9 heteroatoms. The number of hydrogen-bond donors (Lipinski definition) is 2. The van der Waals surface area contributed by atoms with Gasteiger partial charge >= 0.3 is 6.09 Å². The van der Waals surface area contributed by atoms with Crippen LogP contribution in [0.25, 0.3) is 22.0 Å². The van der Waals surface area contributed by atoms with Crippen molar-refractivity contribution in [3.8, 4) is 17.0 Å². The topological polar surface area (TPSA) is 87.3 Å². The Labute approximate surface area is 183 Å². The van der Waals surface area contributed by atoms with Crippen LogP contribution >= 0.6 is 0 Å². The van der Waals surface area contributed by atoms with Crippen LogP contribution in [0.4, 0.5) is 13.6 Å². The van der Waals surface area contributed by atoms with E-state index in [1.54, 1.807) is 32.3 Å². The minimum atomic E-state index is -0.821. The second-order valence-corrected chi connectivity index (χ2v) is 7.97. The van der Waals surface area contributed by atoms with Crippen molar-refractivity contribution in [2.45, 2.75) is 44.7 Å². The first-order valence-corrected chi connectivity index (χ1v) is 10.5. The summed E-state index contributed by atoms with van der Waals surface area (Å²) in [6, 6.07) is 5.78. The second-order valence-electron chi connectivity index (χ2n) is 7.97. The molecular formula is C23H24F2N4O3. The maximum absolute atomic E-state index is 14.6. The van der Waals surface area contributed by atoms with Gasteiger partial charge in [-0.2, -0.15) is 0 Å². The highest BCUT2D eigenvalue weighted by Crippen LogP contribution is 2.29. The van der Waals surface area contributed by atoms with Gasteiger partial charge < -0.3 is 19.9 Å². The van der Waals surface area contributed by atoms with Crippen molar-refractivity contribution in [1.82, 2.24) is 20.2 Å². The molecule has 0 unspecified atom stereocenters. The molecule has 2 N–H and O–H groups in total. The summed E-state index contributed by atoms with van der Waals surface area (Å²) in [6.45, 7) is 1.78. The van der Waals surface area contributed by atoms with Gasteiger partial charge in [0.05, 0.1) is 5.52 Å². The molecule has 32 heavy (non-hydrogen) atoms. The molecule has 1 fully saturated rings. The monoisotopic (exact) mass is 442 g/mol. The van der Waals surface area contributed by atoms with E-state index in [-0.39, 0.29) is 18.0 Å². The molecule has 0 spiro atoms. The fourth-order valence-corrected chi connectivity index (χ4v) is 4.03. The van der Waals surface area contributed by atoms with Crippen molar-refractivity contribution in [1.29, 1.82) is 0 Å². The first-order chi connectivity index (χ1) is 15.4. The molecule has 2 heterocycles. The number of halogens is 2. The first-order valence-electron chi connectivity index (χ1n) is 10.5. The molecule has 2 amide bonds. The van der Waals surface area contributed by atoms with Crippen LogP contribution < -0.4 is 10.1 Å². The number of fused-ring (bicyclic) bond motifs is 1. The molecule has 0 bridgehead atoms. The highest BCUT2D eigenvalue weighted by molar-refractivity contribution is 5.85. The lowest BCUT2D eigenvalue weighted by Gasteiger charge is -2.23. The van der Waals surface area contributed by atoms with Gasteiger partial charge in [-0.3, -0.25) is 4.79 Å². The van der Waals surface area contributed by atoms with E-state index in [0.29, 0.717) is 41.3 Å². The SMILES string of the molecule is CCC(=O)N[C@H]1CC[C@@H](N(C)C(=O)Oc2ncc(-c3cc(F)c4[nH]ccc4c3)cc2F)C1. The van der Waals surface area contributed by atoms with Gasteiger partial charge in [0.15, 0.2) is 5.82 Å². The van der Waals surface area contributed by atoms with E-state index < -0.39 is 23.6 Å². The van der Waals surface area contributed by atoms with Crippen LogP contribution in [-0.2, 0) is 4.79 Å². The van der Waals surface area contributed by atoms with Crippen molar-refractivity contribution >= 4 is 22.9 Å². The number of aromatic nitrogens is 2. The Morgan fingerprint density at radius 1 is 1.22 bits per heavy atom. The Bertz CT molecular complexity index is 1160. The van der Waals surface area contributed by atoms with Crippen LogP contribution in [0.15, 0.2) is 36.7 Å². The summed E-state index contributed by atoms with van der Waals surface area (Å²) in [6.07, 6.45) is 4.73. The molecule has 4 rings (SSSR count). The molecule has 0 aliphatic heterocycles. The number of ether oxygens (including phenoxy) is 1. The molecule has 2 aromatic heterocycles. The quantitative estimate of drug-likeness (QED) is 0.614. The number of carbonyl (C=O) groups excluding carboxylic acids is 2. The minimum absolute atomic E-state index is 0.00889. The number of H-pyrrole nitrogens is 1. The van der Waals surface area contributed by atoms with Crippen LogP contribution in [0.5, 0.6) is 5.88 Å². The van der Waals surface area contributed by atoms with E-state index in [9.17, 15) is 18.4 Å². The lowest BCUT2D eigenvalue weighted by molar-refractivity contribution is -0.121. The molecular weight excluding hydrogens is 418 g/mol. The number of benzene rings is 1. The largest absolute Gasteiger partial charge is 0.416 e. The lowest BCUT2D eigenvalue weighted by atomic mass is 10.1. The zero-order valence-corrected chi connectivity index (χ0v) is 17.8. The predicted octanol–water partition coefficient (Wildman–Crippen LogP) is 4.39. The van der Waals surface area contributed by atoms with E-state index in [1.807, 2.05) is 0 Å². The van der Waals surface area contributed by atoms with Crippen molar-refractivity contribution < 1.29 is 23.1 Å². The predicted molar refractivity (Wildman–Crippen MR) is 115 cm³/mol. The van der Waals surface area contributed by atoms with E-state index in [0.717, 1.165) is 12.5 Å². The zero-order valence-electron chi connectivity index (χ0n) is 17.8. The maximum atomic E-state index is 14.6. The molecule has 3 aromatic rings. The van der Waals surface area contributed by atoms with Gasteiger partial charge in [0.25, 0.3) is 5.88 Å². The van der Waals surface area contributed by atoms with Crippen LogP contribution in [0.3, 0.4) is 0 Å². The molecule has 2 atom stereocenters. The second kappa shape index (κ2) is 8.94. The average molecular weight is 442 g/mol. The summed E-state index contributed by atoms with van der Waals surface area (Å²) in [7, 11) is 1.58. The third kappa shape index (κ3) is 4.42. The van der Waals surface area contributed by atoms with Crippen molar-refractivity contribution in [2.75, 3.05) is 7.05 Å². The number of aromatic amines is 1. The van der Waals surface area contributed by atoms with Crippen molar-refractivity contribution in [2.24, 2.45) is 0 Å². The fourth-order valence-electron chi connectivity index (χ4n) is 4.03. The molecule has 168 valence electrons. The molecule has 0 saturated heterocycles. The molecule has 1 aromatic carbocycles. The first kappa shape index (κ1) is 21.7. The summed E-state index contributed by atoms with van der Waals surface area (Å²) < 4.78 is 34.0. The van der Waals surface area contributed by atoms with Gasteiger partial charge in [-0.1, -0.05) is 6.92 Å². The summed E-state index contributed by atoms with van der Waals surface area (Å²) in [5.41, 5.74) is 1.20. The summed E-state index contributed by atoms with van der Waals surface area (Å²) >= 11 is 0. The van der Waals surface area contributed by atoms with Gasteiger partial charge in [0.1, 0.15) is 5.82 Å². The van der Waals surface area contributed by atoms with Crippen LogP contribution in [0.1, 0.15) is 32.6 Å². The Balaban J connectivity index is 1.43. The maximum Gasteiger partial charge on any atom is 0.416 e. The average Bonchev–Trinajstić information content (AvgIpc) is 3.44. The Morgan fingerprint density at radius 3 is 2.75 bits per heavy atom. The third-order valence-corrected chi connectivity index (χ3v) is 5.86. The van der Waals surface area contributed by atoms with E-state index >= 15 is 0 Å². The van der Waals surface area contributed by atoms with E-state index in [1.165, 1.54) is 17.2 Å². The number of amides is 2. The Hall–Kier alpha value is -3.49. The zero-order chi connectivity index (χ0) is 22.8. The van der Waals surface area contributed by atoms with Crippen LogP contribution in [0.2, 0.25) is 0 Å². The number of carbonyl (C=O) groups is 2. The fraction of sp³-hybridized carbons (Fsp3) is 0.348. The van der Waals surface area contributed by atoms with Gasteiger partial charge in [0.2, 0.25) is 5.91 Å². The smallest absolute Gasteiger partial charge is 0.388 e. The Kier molecular flexibility index (Phi) is 6.07. The van der Waals surface area contributed by atoms with Gasteiger partial charge in [-0.25, -0.2) is 18.6 Å². The number of rotatable bonds is 5. The molecule has 7 nitrogen and oxygen atoms in total. The lowest BCUT2D eigenvalue weighted by Crippen LogP contribution is -2.39. The minimum Gasteiger partial charge on any atom is -0.388 e. The standard InChI is InChI=1S/C23H24F2N4O3/c1-3-20(30)28-16-4-5-17(11-16)29(2)23(31)32-22-19(25)10-15(12-27-22)14-8-13-6-7-26-21(13)18(24)9-14/h6-10,12,16-17,26H,3-5,11H2,1-2H3,(H,28,30)/t16-,17+/m0/s1. The van der Waals surface area contributed by atoms with E-state index in [4.69, 9.17) is 4.74 Å². The highest BCUT2D eigenvalue weighted by Gasteiger charge is 2.31. The van der Waals surface area contributed by atoms with Crippen molar-refractivity contribution in [3.63, 3.8) is 0 Å². The number of hydrogen-bond acceptors (Lipinski definition) is 4. The molecule has 1 aliphatic rings. The highest BCUT2D eigenvalue weighted by atomic mass is 19.1. The third-order valence-electron chi connectivity index (χ3n) is 5.86. The molecule has 1 saturated carbocycles. The number of nitrogens with zero attached hydrogens (tertiary/aromatic N) is 2. The van der Waals surface area contributed by atoms with Gasteiger partial charge in [-0.15, -0.1) is 0 Å². The summed E-state index contributed by atoms with van der Waals surface area (Å²) in [5, 5.41) is 3.58. The molecule has 1 aliphatic carbocycles. The number of nitrogens with one attached hydrogen (secondary N) is 2. The molecule has 0 radical (unpaired) electrons. The van der Waals surface area contributed by atoms with Gasteiger partial charge in [0, 0.05) is 48.9 Å². The van der Waals surface area contributed by atoms with E-state index in [2.05, 4.69) is 15.3 Å². The number of pyridine rings is 1.